The van der Waals surface area contributed by atoms with E-state index in [4.69, 9.17) is 4.74 Å². The van der Waals surface area contributed by atoms with E-state index in [-0.39, 0.29) is 23.6 Å². The fraction of sp³-hybridized carbons (Fsp3) is 0.100. The van der Waals surface area contributed by atoms with Gasteiger partial charge in [-0.15, -0.1) is 0 Å². The molecule has 0 aliphatic carbocycles. The summed E-state index contributed by atoms with van der Waals surface area (Å²) in [6, 6.07) is 24.3. The Balaban J connectivity index is 1.49. The molecule has 1 N–H and O–H groups in total. The number of hydrogen-bond acceptors (Lipinski definition) is 7. The maximum atomic E-state index is 13.2. The van der Waals surface area contributed by atoms with Crippen LogP contribution in [0.4, 0.5) is 5.69 Å². The third-order valence-electron chi connectivity index (χ3n) is 6.41. The highest BCUT2D eigenvalue weighted by molar-refractivity contribution is 6.46. The van der Waals surface area contributed by atoms with Crippen molar-refractivity contribution in [3.05, 3.63) is 141 Å². The number of carbonyl (C=O) groups excluding carboxylic acids is 2. The Morgan fingerprint density at radius 1 is 0.923 bits per heavy atom. The molecule has 39 heavy (non-hydrogen) atoms. The summed E-state index contributed by atoms with van der Waals surface area (Å²) in [5.41, 5.74) is 2.23. The largest absolute Gasteiger partial charge is 0.507 e. The SMILES string of the molecule is O=C1C(=O)N(Cc2cccnc2)C(c2ccc([N+](=O)[O-])cc2)/C1=C(\O)c1ccc(OCc2ccccc2)cc1. The molecule has 9 nitrogen and oxygen atoms in total. The van der Waals surface area contributed by atoms with Crippen molar-refractivity contribution in [3.63, 3.8) is 0 Å². The lowest BCUT2D eigenvalue weighted by Crippen LogP contribution is -2.29. The van der Waals surface area contributed by atoms with Crippen molar-refractivity contribution in [1.82, 2.24) is 9.88 Å². The smallest absolute Gasteiger partial charge is 0.295 e. The molecule has 9 heteroatoms. The number of amides is 1. The normalized spacial score (nSPS) is 16.3. The summed E-state index contributed by atoms with van der Waals surface area (Å²) in [4.78, 5) is 42.5. The molecule has 1 aromatic heterocycles. The van der Waals surface area contributed by atoms with Crippen LogP contribution in [-0.4, -0.2) is 31.6 Å². The second-order valence-electron chi connectivity index (χ2n) is 8.94. The Morgan fingerprint density at radius 3 is 2.26 bits per heavy atom. The lowest BCUT2D eigenvalue weighted by molar-refractivity contribution is -0.384. The van der Waals surface area contributed by atoms with Gasteiger partial charge in [-0.2, -0.15) is 0 Å². The molecular formula is C30H23N3O6. The molecule has 1 aliphatic rings. The number of ether oxygens (including phenoxy) is 1. The highest BCUT2D eigenvalue weighted by atomic mass is 16.6. The Morgan fingerprint density at radius 2 is 1.62 bits per heavy atom. The Bertz CT molecular complexity index is 1540. The van der Waals surface area contributed by atoms with E-state index in [0.29, 0.717) is 29.0 Å². The van der Waals surface area contributed by atoms with E-state index in [1.165, 1.54) is 29.2 Å². The number of nitro groups is 1. The number of nitrogens with zero attached hydrogens (tertiary/aromatic N) is 3. The molecule has 0 radical (unpaired) electrons. The number of non-ortho nitro benzene ring substituents is 1. The number of rotatable bonds is 8. The molecule has 1 aliphatic heterocycles. The van der Waals surface area contributed by atoms with Crippen LogP contribution in [0.3, 0.4) is 0 Å². The number of hydrogen-bond donors (Lipinski definition) is 1. The summed E-state index contributed by atoms with van der Waals surface area (Å²) in [5, 5.41) is 22.5. The van der Waals surface area contributed by atoms with E-state index in [9.17, 15) is 24.8 Å². The average Bonchev–Trinajstić information content (AvgIpc) is 3.22. The minimum absolute atomic E-state index is 0.0586. The zero-order valence-corrected chi connectivity index (χ0v) is 20.6. The summed E-state index contributed by atoms with van der Waals surface area (Å²) >= 11 is 0. The van der Waals surface area contributed by atoms with Crippen LogP contribution in [0.5, 0.6) is 5.75 Å². The molecule has 194 valence electrons. The first-order valence-corrected chi connectivity index (χ1v) is 12.1. The fourth-order valence-electron chi connectivity index (χ4n) is 4.46. The molecule has 0 saturated carbocycles. The van der Waals surface area contributed by atoms with Gasteiger partial charge in [-0.25, -0.2) is 0 Å². The standard InChI is InChI=1S/C30H23N3O6/c34-28(23-10-14-25(15-11-23)39-19-20-5-2-1-3-6-20)26-27(22-8-12-24(13-9-22)33(37)38)32(30(36)29(26)35)18-21-7-4-16-31-17-21/h1-17,27,34H,18-19H2/b28-26+. The van der Waals surface area contributed by atoms with Gasteiger partial charge in [-0.3, -0.25) is 24.7 Å². The Labute approximate surface area is 223 Å². The Hall–Kier alpha value is -5.31. The van der Waals surface area contributed by atoms with E-state index in [1.807, 2.05) is 30.3 Å². The number of pyridine rings is 1. The maximum Gasteiger partial charge on any atom is 0.295 e. The number of ketones is 1. The van der Waals surface area contributed by atoms with Crippen LogP contribution in [0.1, 0.15) is 28.3 Å². The predicted molar refractivity (Wildman–Crippen MR) is 142 cm³/mol. The van der Waals surface area contributed by atoms with Gasteiger partial charge in [0.1, 0.15) is 18.1 Å². The molecule has 0 spiro atoms. The zero-order valence-electron chi connectivity index (χ0n) is 20.6. The average molecular weight is 522 g/mol. The summed E-state index contributed by atoms with van der Waals surface area (Å²) in [6.07, 6.45) is 3.18. The van der Waals surface area contributed by atoms with Crippen molar-refractivity contribution >= 4 is 23.1 Å². The van der Waals surface area contributed by atoms with E-state index in [0.717, 1.165) is 5.56 Å². The monoisotopic (exact) mass is 521 g/mol. The quantitative estimate of drug-likeness (QED) is 0.111. The van der Waals surface area contributed by atoms with E-state index in [2.05, 4.69) is 4.98 Å². The third-order valence-corrected chi connectivity index (χ3v) is 6.41. The topological polar surface area (TPSA) is 123 Å². The minimum Gasteiger partial charge on any atom is -0.507 e. The molecule has 4 aromatic rings. The highest BCUT2D eigenvalue weighted by Crippen LogP contribution is 2.40. The molecule has 1 unspecified atom stereocenters. The fourth-order valence-corrected chi connectivity index (χ4v) is 4.46. The van der Waals surface area contributed by atoms with Crippen molar-refractivity contribution in [1.29, 1.82) is 0 Å². The van der Waals surface area contributed by atoms with Gasteiger partial charge >= 0.3 is 0 Å². The summed E-state index contributed by atoms with van der Waals surface area (Å²) in [5.74, 6) is -1.41. The van der Waals surface area contributed by atoms with Gasteiger partial charge < -0.3 is 14.7 Å². The van der Waals surface area contributed by atoms with Crippen LogP contribution >= 0.6 is 0 Å². The first-order valence-electron chi connectivity index (χ1n) is 12.1. The molecule has 1 atom stereocenters. The van der Waals surface area contributed by atoms with Crippen molar-refractivity contribution in [3.8, 4) is 5.75 Å². The van der Waals surface area contributed by atoms with Crippen molar-refractivity contribution in [2.45, 2.75) is 19.2 Å². The summed E-state index contributed by atoms with van der Waals surface area (Å²) < 4.78 is 5.81. The molecule has 1 fully saturated rings. The molecule has 0 bridgehead atoms. The van der Waals surface area contributed by atoms with Gasteiger partial charge in [0.25, 0.3) is 17.4 Å². The van der Waals surface area contributed by atoms with E-state index < -0.39 is 22.7 Å². The van der Waals surface area contributed by atoms with Crippen LogP contribution in [0.15, 0.2) is 109 Å². The lowest BCUT2D eigenvalue weighted by atomic mass is 9.95. The number of carbonyl (C=O) groups is 2. The molecular weight excluding hydrogens is 498 g/mol. The number of aliphatic hydroxyl groups is 1. The number of likely N-dealkylation sites (tertiary alicyclic amines) is 1. The second-order valence-corrected chi connectivity index (χ2v) is 8.94. The minimum atomic E-state index is -0.958. The van der Waals surface area contributed by atoms with Crippen LogP contribution in [-0.2, 0) is 22.7 Å². The number of aromatic nitrogens is 1. The van der Waals surface area contributed by atoms with Crippen molar-refractivity contribution < 1.29 is 24.4 Å². The molecule has 1 amide bonds. The van der Waals surface area contributed by atoms with Gasteiger partial charge in [0, 0.05) is 36.6 Å². The molecule has 5 rings (SSSR count). The number of nitro benzene ring substituents is 1. The Kier molecular flexibility index (Phi) is 7.13. The van der Waals surface area contributed by atoms with E-state index in [1.54, 1.807) is 48.8 Å². The highest BCUT2D eigenvalue weighted by Gasteiger charge is 2.46. The lowest BCUT2D eigenvalue weighted by Gasteiger charge is -2.25. The van der Waals surface area contributed by atoms with Crippen LogP contribution < -0.4 is 4.74 Å². The van der Waals surface area contributed by atoms with Gasteiger partial charge in [0.05, 0.1) is 16.5 Å². The number of aliphatic hydroxyl groups excluding tert-OH is 1. The third kappa shape index (κ3) is 5.37. The van der Waals surface area contributed by atoms with E-state index >= 15 is 0 Å². The first-order chi connectivity index (χ1) is 18.9. The summed E-state index contributed by atoms with van der Waals surface area (Å²) in [7, 11) is 0. The van der Waals surface area contributed by atoms with Gasteiger partial charge in [-0.1, -0.05) is 36.4 Å². The molecule has 3 aromatic carbocycles. The van der Waals surface area contributed by atoms with Gasteiger partial charge in [-0.05, 0) is 59.2 Å². The second kappa shape index (κ2) is 11.0. The van der Waals surface area contributed by atoms with Gasteiger partial charge in [0.15, 0.2) is 0 Å². The summed E-state index contributed by atoms with van der Waals surface area (Å²) in [6.45, 7) is 0.425. The predicted octanol–water partition coefficient (Wildman–Crippen LogP) is 5.19. The van der Waals surface area contributed by atoms with Crippen LogP contribution in [0, 0.1) is 10.1 Å². The zero-order chi connectivity index (χ0) is 27.4. The van der Waals surface area contributed by atoms with Gasteiger partial charge in [0.2, 0.25) is 0 Å². The number of Topliss-reactive ketones (excluding diaryl/α,β-unsaturated/α-hetero) is 1. The van der Waals surface area contributed by atoms with Crippen LogP contribution in [0.25, 0.3) is 5.76 Å². The molecule has 2 heterocycles. The number of benzene rings is 3. The maximum absolute atomic E-state index is 13.2. The van der Waals surface area contributed by atoms with Crippen LogP contribution in [0.2, 0.25) is 0 Å². The first kappa shape index (κ1) is 25.3. The van der Waals surface area contributed by atoms with Crippen molar-refractivity contribution in [2.24, 2.45) is 0 Å². The molecule has 1 saturated heterocycles. The van der Waals surface area contributed by atoms with Crippen molar-refractivity contribution in [2.75, 3.05) is 0 Å².